The Hall–Kier alpha value is -2.74. The number of benzene rings is 1. The summed E-state index contributed by atoms with van der Waals surface area (Å²) >= 11 is 1.64. The fourth-order valence-corrected chi connectivity index (χ4v) is 4.60. The lowest BCUT2D eigenvalue weighted by Gasteiger charge is -2.34. The Morgan fingerprint density at radius 2 is 1.86 bits per heavy atom. The van der Waals surface area contributed by atoms with Gasteiger partial charge in [0, 0.05) is 26.1 Å². The van der Waals surface area contributed by atoms with Crippen molar-refractivity contribution < 1.29 is 14.4 Å². The molecule has 0 saturated carbocycles. The molecular weight excluding hydrogens is 460 g/mol. The molecule has 1 aliphatic rings. The van der Waals surface area contributed by atoms with Gasteiger partial charge in [-0.3, -0.25) is 14.4 Å². The number of carbonyl (C=O) groups excluding carboxylic acids is 3. The van der Waals surface area contributed by atoms with E-state index in [2.05, 4.69) is 34.7 Å². The van der Waals surface area contributed by atoms with Crippen LogP contribution in [0.2, 0.25) is 0 Å². The Bertz CT molecular complexity index is 935. The van der Waals surface area contributed by atoms with Crippen molar-refractivity contribution in [3.63, 3.8) is 0 Å². The van der Waals surface area contributed by atoms with Gasteiger partial charge in [0.05, 0.1) is 16.1 Å². The van der Waals surface area contributed by atoms with Gasteiger partial charge in [0.2, 0.25) is 18.2 Å². The van der Waals surface area contributed by atoms with E-state index >= 15 is 0 Å². The van der Waals surface area contributed by atoms with Crippen molar-refractivity contribution in [2.24, 2.45) is 5.41 Å². The summed E-state index contributed by atoms with van der Waals surface area (Å²) in [7, 11) is 0. The number of aromatic nitrogens is 1. The third-order valence-electron chi connectivity index (χ3n) is 5.65. The minimum Gasteiger partial charge on any atom is -0.355 e. The summed E-state index contributed by atoms with van der Waals surface area (Å²) in [6.07, 6.45) is 2.83. The second kappa shape index (κ2) is 14.6. The fraction of sp³-hybridized carbons (Fsp3) is 0.556. The minimum atomic E-state index is -0.430. The van der Waals surface area contributed by atoms with Crippen LogP contribution >= 0.6 is 11.3 Å². The highest BCUT2D eigenvalue weighted by molar-refractivity contribution is 7.13. The number of likely N-dealkylation sites (tertiary alicyclic amines) is 1. The van der Waals surface area contributed by atoms with Gasteiger partial charge in [0.15, 0.2) is 0 Å². The summed E-state index contributed by atoms with van der Waals surface area (Å²) in [4.78, 5) is 41.2. The van der Waals surface area contributed by atoms with Crippen LogP contribution in [-0.4, -0.2) is 46.7 Å². The molecule has 2 atom stereocenters. The van der Waals surface area contributed by atoms with Gasteiger partial charge in [0.25, 0.3) is 0 Å². The third-order valence-corrected chi connectivity index (χ3v) is 6.63. The van der Waals surface area contributed by atoms with Crippen LogP contribution in [0.15, 0.2) is 29.8 Å². The number of nitrogens with one attached hydrogen (secondary N) is 2. The molecule has 0 radical (unpaired) electrons. The number of amides is 3. The molecule has 2 heterocycles. The van der Waals surface area contributed by atoms with Crippen LogP contribution in [0, 0.1) is 12.3 Å². The molecule has 0 aliphatic carbocycles. The molecule has 1 saturated heterocycles. The summed E-state index contributed by atoms with van der Waals surface area (Å²) in [6, 6.07) is 8.02. The van der Waals surface area contributed by atoms with Crippen LogP contribution < -0.4 is 10.6 Å². The van der Waals surface area contributed by atoms with Crippen molar-refractivity contribution >= 4 is 29.6 Å². The highest BCUT2D eigenvalue weighted by atomic mass is 32.1. The van der Waals surface area contributed by atoms with Crippen molar-refractivity contribution in [2.45, 2.75) is 86.9 Å². The molecule has 8 heteroatoms. The van der Waals surface area contributed by atoms with Crippen molar-refractivity contribution in [2.75, 3.05) is 6.54 Å². The largest absolute Gasteiger partial charge is 0.355 e. The molecule has 0 bridgehead atoms. The number of thiazole rings is 1. The van der Waals surface area contributed by atoms with Gasteiger partial charge in [-0.15, -0.1) is 11.3 Å². The van der Waals surface area contributed by atoms with E-state index in [0.29, 0.717) is 19.0 Å². The first-order chi connectivity index (χ1) is 16.5. The molecular formula is C27H42N4O3S. The molecule has 1 fully saturated rings. The van der Waals surface area contributed by atoms with Crippen molar-refractivity contribution in [1.29, 1.82) is 0 Å². The summed E-state index contributed by atoms with van der Waals surface area (Å²) in [5.41, 5.74) is 4.93. The van der Waals surface area contributed by atoms with Gasteiger partial charge in [-0.25, -0.2) is 4.98 Å². The molecule has 0 spiro atoms. The quantitative estimate of drug-likeness (QED) is 0.548. The van der Waals surface area contributed by atoms with E-state index < -0.39 is 6.04 Å². The lowest BCUT2D eigenvalue weighted by Crippen LogP contribution is -2.54. The van der Waals surface area contributed by atoms with E-state index in [9.17, 15) is 14.4 Å². The van der Waals surface area contributed by atoms with E-state index in [1.807, 2.05) is 64.1 Å². The molecule has 2 N–H and O–H groups in total. The smallest absolute Gasteiger partial charge is 0.245 e. The van der Waals surface area contributed by atoms with Gasteiger partial charge in [-0.1, -0.05) is 58.9 Å². The fourth-order valence-electron chi connectivity index (χ4n) is 3.79. The summed E-state index contributed by atoms with van der Waals surface area (Å²) < 4.78 is 0. The Kier molecular flexibility index (Phi) is 12.6. The average molecular weight is 503 g/mol. The molecule has 7 nitrogen and oxygen atoms in total. The summed E-state index contributed by atoms with van der Waals surface area (Å²) in [5, 5.41) is 5.43. The SMILES string of the molecule is CC.CC(=O)NC(C(=O)N1CCCC1C)C(C)(C)C.Cc1ncsc1-c1ccc(CNC=O)cc1. The third kappa shape index (κ3) is 9.43. The van der Waals surface area contributed by atoms with E-state index in [1.165, 1.54) is 17.4 Å². The van der Waals surface area contributed by atoms with E-state index in [-0.39, 0.29) is 17.2 Å². The maximum atomic E-state index is 12.4. The number of carbonyl (C=O) groups is 3. The number of hydrogen-bond acceptors (Lipinski definition) is 5. The molecule has 3 amide bonds. The molecule has 1 aromatic heterocycles. The first-order valence-corrected chi connectivity index (χ1v) is 13.2. The number of aryl methyl sites for hydroxylation is 1. The number of hydrogen-bond donors (Lipinski definition) is 2. The average Bonchev–Trinajstić information content (AvgIpc) is 3.45. The maximum absolute atomic E-state index is 12.4. The number of rotatable bonds is 6. The minimum absolute atomic E-state index is 0.0534. The molecule has 2 unspecified atom stereocenters. The van der Waals surface area contributed by atoms with Gasteiger partial charge >= 0.3 is 0 Å². The number of nitrogens with zero attached hydrogens (tertiary/aromatic N) is 2. The van der Waals surface area contributed by atoms with E-state index in [1.54, 1.807) is 11.3 Å². The lowest BCUT2D eigenvalue weighted by molar-refractivity contribution is -0.139. The Labute approximate surface area is 214 Å². The molecule has 35 heavy (non-hydrogen) atoms. The van der Waals surface area contributed by atoms with Crippen LogP contribution in [0.4, 0.5) is 0 Å². The van der Waals surface area contributed by atoms with Crippen molar-refractivity contribution in [3.05, 3.63) is 41.0 Å². The van der Waals surface area contributed by atoms with Crippen LogP contribution in [0.1, 0.15) is 72.6 Å². The molecule has 194 valence electrons. The predicted molar refractivity (Wildman–Crippen MR) is 144 cm³/mol. The standard InChI is InChI=1S/C13H24N2O2.C12H12N2OS.C2H6/c1-9-7-6-8-15(9)12(17)11(13(3,4)5)14-10(2)16;1-9-12(16-8-14-9)11-4-2-10(3-5-11)6-13-7-15;1-2/h9,11H,6-8H2,1-5H3,(H,14,16);2-5,7-8H,6H2,1H3,(H,13,15);1-2H3. The summed E-state index contributed by atoms with van der Waals surface area (Å²) in [6.45, 7) is 16.9. The first kappa shape index (κ1) is 30.3. The van der Waals surface area contributed by atoms with E-state index in [4.69, 9.17) is 0 Å². The molecule has 3 rings (SSSR count). The van der Waals surface area contributed by atoms with Gasteiger partial charge in [-0.2, -0.15) is 0 Å². The zero-order valence-electron chi connectivity index (χ0n) is 22.5. The molecule has 1 aliphatic heterocycles. The first-order valence-electron chi connectivity index (χ1n) is 12.3. The van der Waals surface area contributed by atoms with Crippen LogP contribution in [0.25, 0.3) is 10.4 Å². The Morgan fingerprint density at radius 1 is 1.23 bits per heavy atom. The van der Waals surface area contributed by atoms with Crippen molar-refractivity contribution in [1.82, 2.24) is 20.5 Å². The maximum Gasteiger partial charge on any atom is 0.245 e. The second-order valence-electron chi connectivity index (χ2n) is 9.49. The monoisotopic (exact) mass is 502 g/mol. The Morgan fingerprint density at radius 3 is 2.29 bits per heavy atom. The van der Waals surface area contributed by atoms with E-state index in [0.717, 1.165) is 30.6 Å². The predicted octanol–water partition coefficient (Wildman–Crippen LogP) is 4.94. The lowest BCUT2D eigenvalue weighted by atomic mass is 9.85. The molecule has 2 aromatic rings. The highest BCUT2D eigenvalue weighted by Crippen LogP contribution is 2.27. The van der Waals surface area contributed by atoms with Gasteiger partial charge < -0.3 is 15.5 Å². The highest BCUT2D eigenvalue weighted by Gasteiger charge is 2.37. The zero-order valence-corrected chi connectivity index (χ0v) is 23.3. The summed E-state index contributed by atoms with van der Waals surface area (Å²) in [5.74, 6) is -0.0946. The van der Waals surface area contributed by atoms with Gasteiger partial charge in [-0.05, 0) is 43.2 Å². The Balaban J connectivity index is 0.000000327. The second-order valence-corrected chi connectivity index (χ2v) is 10.3. The molecule has 1 aromatic carbocycles. The normalized spacial score (nSPS) is 15.7. The van der Waals surface area contributed by atoms with Crippen molar-refractivity contribution in [3.8, 4) is 10.4 Å². The zero-order chi connectivity index (χ0) is 26.6. The van der Waals surface area contributed by atoms with Crippen LogP contribution in [0.3, 0.4) is 0 Å². The van der Waals surface area contributed by atoms with Gasteiger partial charge in [0.1, 0.15) is 6.04 Å². The van der Waals surface area contributed by atoms with Crippen LogP contribution in [0.5, 0.6) is 0 Å². The topological polar surface area (TPSA) is 91.4 Å². The van der Waals surface area contributed by atoms with Crippen LogP contribution in [-0.2, 0) is 20.9 Å².